The van der Waals surface area contributed by atoms with Crippen LogP contribution in [-0.2, 0) is 0 Å². The Balaban J connectivity index is 2.36. The summed E-state index contributed by atoms with van der Waals surface area (Å²) >= 11 is 0. The van der Waals surface area contributed by atoms with Crippen LogP contribution in [0.25, 0.3) is 0 Å². The summed E-state index contributed by atoms with van der Waals surface area (Å²) in [5.41, 5.74) is 9.20. The molecule has 92 valence electrons. The van der Waals surface area contributed by atoms with Gasteiger partial charge in [0, 0.05) is 24.6 Å². The molecular formula is C14H16N4. The molecule has 1 heterocycles. The fraction of sp³-hybridized carbons (Fsp3) is 0.143. The van der Waals surface area contributed by atoms with E-state index in [0.29, 0.717) is 5.69 Å². The zero-order valence-electron chi connectivity index (χ0n) is 10.5. The van der Waals surface area contributed by atoms with Crippen LogP contribution in [0.4, 0.5) is 11.4 Å². The Labute approximate surface area is 107 Å². The molecule has 0 spiro atoms. The van der Waals surface area contributed by atoms with Crippen LogP contribution in [0.2, 0.25) is 0 Å². The van der Waals surface area contributed by atoms with Crippen LogP contribution in [-0.4, -0.2) is 17.9 Å². The molecule has 0 bridgehead atoms. The number of pyridine rings is 1. The van der Waals surface area contributed by atoms with Gasteiger partial charge < -0.3 is 10.6 Å². The van der Waals surface area contributed by atoms with E-state index in [2.05, 4.69) is 24.0 Å². The molecule has 0 aliphatic rings. The number of nitrogen functional groups attached to an aromatic ring is 1. The molecule has 0 saturated heterocycles. The molecule has 0 atom stereocenters. The maximum atomic E-state index is 7.41. The van der Waals surface area contributed by atoms with Crippen LogP contribution in [0.5, 0.6) is 0 Å². The first kappa shape index (κ1) is 12.1. The minimum absolute atomic E-state index is 0.0190. The molecule has 0 unspecified atom stereocenters. The van der Waals surface area contributed by atoms with Crippen LogP contribution in [0.15, 0.2) is 42.6 Å². The Kier molecular flexibility index (Phi) is 3.28. The monoisotopic (exact) mass is 240 g/mol. The van der Waals surface area contributed by atoms with E-state index in [9.17, 15) is 0 Å². The lowest BCUT2D eigenvalue weighted by molar-refractivity contribution is 1.17. The Morgan fingerprint density at radius 3 is 2.61 bits per heavy atom. The van der Waals surface area contributed by atoms with Gasteiger partial charge >= 0.3 is 0 Å². The summed E-state index contributed by atoms with van der Waals surface area (Å²) in [7, 11) is 1.98. The third kappa shape index (κ3) is 2.48. The summed E-state index contributed by atoms with van der Waals surface area (Å²) in [6, 6.07) is 11.9. The summed E-state index contributed by atoms with van der Waals surface area (Å²) < 4.78 is 0. The molecule has 2 rings (SSSR count). The summed E-state index contributed by atoms with van der Waals surface area (Å²) in [6.07, 6.45) is 1.67. The number of anilines is 2. The molecular weight excluding hydrogens is 224 g/mol. The second-order valence-corrected chi connectivity index (χ2v) is 4.21. The zero-order chi connectivity index (χ0) is 13.1. The van der Waals surface area contributed by atoms with E-state index in [1.807, 2.05) is 36.2 Å². The lowest BCUT2D eigenvalue weighted by Gasteiger charge is -2.20. The fourth-order valence-electron chi connectivity index (χ4n) is 1.76. The van der Waals surface area contributed by atoms with Crippen LogP contribution < -0.4 is 10.6 Å². The van der Waals surface area contributed by atoms with Gasteiger partial charge in [0.15, 0.2) is 0 Å². The van der Waals surface area contributed by atoms with Crippen molar-refractivity contribution in [3.8, 4) is 0 Å². The normalized spacial score (nSPS) is 10.1. The number of rotatable bonds is 3. The smallest absolute Gasteiger partial charge is 0.141 e. The number of nitrogens with one attached hydrogen (secondary N) is 1. The third-order valence-electron chi connectivity index (χ3n) is 2.80. The van der Waals surface area contributed by atoms with Crippen molar-refractivity contribution in [2.24, 2.45) is 5.73 Å². The van der Waals surface area contributed by atoms with Crippen molar-refractivity contribution in [2.45, 2.75) is 6.92 Å². The van der Waals surface area contributed by atoms with Gasteiger partial charge in [-0.2, -0.15) is 0 Å². The van der Waals surface area contributed by atoms with Crippen molar-refractivity contribution in [1.82, 2.24) is 4.98 Å². The number of aryl methyl sites for hydroxylation is 1. The molecule has 4 nitrogen and oxygen atoms in total. The van der Waals surface area contributed by atoms with Crippen LogP contribution in [0.3, 0.4) is 0 Å². The van der Waals surface area contributed by atoms with Crippen LogP contribution >= 0.6 is 0 Å². The molecule has 0 aliphatic heterocycles. The van der Waals surface area contributed by atoms with Gasteiger partial charge in [-0.05, 0) is 36.8 Å². The largest absolute Gasteiger partial charge is 0.382 e. The van der Waals surface area contributed by atoms with Crippen molar-refractivity contribution in [3.05, 3.63) is 53.9 Å². The molecule has 3 N–H and O–H groups in total. The topological polar surface area (TPSA) is 66.0 Å². The van der Waals surface area contributed by atoms with Crippen molar-refractivity contribution in [1.29, 1.82) is 5.41 Å². The number of hydrogen-bond acceptors (Lipinski definition) is 3. The molecule has 4 heteroatoms. The predicted molar refractivity (Wildman–Crippen MR) is 74.5 cm³/mol. The van der Waals surface area contributed by atoms with Gasteiger partial charge in [0.25, 0.3) is 0 Å². The zero-order valence-corrected chi connectivity index (χ0v) is 10.5. The minimum Gasteiger partial charge on any atom is -0.382 e. The SMILES string of the molecule is Cc1cccc(N(C)c2ccnc(C(=N)N)c2)c1. The second-order valence-electron chi connectivity index (χ2n) is 4.21. The molecule has 1 aromatic carbocycles. The van der Waals surface area contributed by atoms with Gasteiger partial charge in [-0.25, -0.2) is 0 Å². The summed E-state index contributed by atoms with van der Waals surface area (Å²) in [5, 5.41) is 7.41. The van der Waals surface area contributed by atoms with E-state index in [-0.39, 0.29) is 5.84 Å². The molecule has 0 amide bonds. The van der Waals surface area contributed by atoms with E-state index in [1.165, 1.54) is 5.56 Å². The van der Waals surface area contributed by atoms with Crippen molar-refractivity contribution >= 4 is 17.2 Å². The lowest BCUT2D eigenvalue weighted by Crippen LogP contribution is -2.15. The Hall–Kier alpha value is -2.36. The van der Waals surface area contributed by atoms with Gasteiger partial charge in [0.1, 0.15) is 11.5 Å². The average molecular weight is 240 g/mol. The number of aromatic nitrogens is 1. The first-order chi connectivity index (χ1) is 8.58. The molecule has 2 aromatic rings. The van der Waals surface area contributed by atoms with Crippen molar-refractivity contribution < 1.29 is 0 Å². The standard InChI is InChI=1S/C14H16N4/c1-10-4-3-5-11(8-10)18(2)12-6-7-17-13(9-12)14(15)16/h3-9H,1-2H3,(H3,15,16). The number of nitrogens with two attached hydrogens (primary N) is 1. The van der Waals surface area contributed by atoms with Gasteiger partial charge in [-0.3, -0.25) is 10.4 Å². The predicted octanol–water partition coefficient (Wildman–Crippen LogP) is 2.44. The quantitative estimate of drug-likeness (QED) is 0.639. The highest BCUT2D eigenvalue weighted by atomic mass is 15.1. The first-order valence-corrected chi connectivity index (χ1v) is 5.69. The molecule has 0 saturated carbocycles. The van der Waals surface area contributed by atoms with Crippen molar-refractivity contribution in [3.63, 3.8) is 0 Å². The summed E-state index contributed by atoms with van der Waals surface area (Å²) in [4.78, 5) is 6.10. The number of amidine groups is 1. The minimum atomic E-state index is -0.0190. The highest BCUT2D eigenvalue weighted by Crippen LogP contribution is 2.24. The summed E-state index contributed by atoms with van der Waals surface area (Å²) in [5.74, 6) is -0.0190. The van der Waals surface area contributed by atoms with E-state index >= 15 is 0 Å². The maximum absolute atomic E-state index is 7.41. The lowest BCUT2D eigenvalue weighted by atomic mass is 10.2. The number of benzene rings is 1. The molecule has 0 fully saturated rings. The van der Waals surface area contributed by atoms with E-state index in [0.717, 1.165) is 11.4 Å². The van der Waals surface area contributed by atoms with Crippen molar-refractivity contribution in [2.75, 3.05) is 11.9 Å². The molecule has 18 heavy (non-hydrogen) atoms. The molecule has 0 aliphatic carbocycles. The van der Waals surface area contributed by atoms with Crippen LogP contribution in [0, 0.1) is 12.3 Å². The molecule has 0 radical (unpaired) electrons. The first-order valence-electron chi connectivity index (χ1n) is 5.69. The van der Waals surface area contributed by atoms with E-state index in [1.54, 1.807) is 6.20 Å². The number of nitrogens with zero attached hydrogens (tertiary/aromatic N) is 2. The van der Waals surface area contributed by atoms with E-state index < -0.39 is 0 Å². The Morgan fingerprint density at radius 2 is 1.94 bits per heavy atom. The highest BCUT2D eigenvalue weighted by Gasteiger charge is 2.06. The second kappa shape index (κ2) is 4.87. The summed E-state index contributed by atoms with van der Waals surface area (Å²) in [6.45, 7) is 2.06. The van der Waals surface area contributed by atoms with E-state index in [4.69, 9.17) is 11.1 Å². The highest BCUT2D eigenvalue weighted by molar-refractivity contribution is 5.94. The maximum Gasteiger partial charge on any atom is 0.141 e. The number of hydrogen-bond donors (Lipinski definition) is 2. The Bertz CT molecular complexity index is 578. The van der Waals surface area contributed by atoms with Gasteiger partial charge in [-0.1, -0.05) is 12.1 Å². The molecule has 1 aromatic heterocycles. The Morgan fingerprint density at radius 1 is 1.22 bits per heavy atom. The van der Waals surface area contributed by atoms with Gasteiger partial charge in [0.2, 0.25) is 0 Å². The fourth-order valence-corrected chi connectivity index (χ4v) is 1.76. The third-order valence-corrected chi connectivity index (χ3v) is 2.80. The van der Waals surface area contributed by atoms with Gasteiger partial charge in [-0.15, -0.1) is 0 Å². The average Bonchev–Trinajstić information content (AvgIpc) is 2.38. The van der Waals surface area contributed by atoms with Crippen LogP contribution in [0.1, 0.15) is 11.3 Å². The van der Waals surface area contributed by atoms with Gasteiger partial charge in [0.05, 0.1) is 0 Å².